The molecule has 2 heteroatoms. The van der Waals surface area contributed by atoms with Gasteiger partial charge in [-0.05, 0) is 101 Å². The van der Waals surface area contributed by atoms with Crippen LogP contribution in [0.25, 0.3) is 0 Å². The summed E-state index contributed by atoms with van der Waals surface area (Å²) in [6, 6.07) is 7.11. The van der Waals surface area contributed by atoms with Gasteiger partial charge in [-0.2, -0.15) is 0 Å². The topological polar surface area (TPSA) is 29.1 Å². The van der Waals surface area contributed by atoms with E-state index < -0.39 is 0 Å². The van der Waals surface area contributed by atoms with Gasteiger partial charge in [-0.1, -0.05) is 23.8 Å². The van der Waals surface area contributed by atoms with Crippen LogP contribution in [0.1, 0.15) is 75.5 Å². The minimum atomic E-state index is -0.117. The number of benzene rings is 1. The number of fused-ring (bicyclic) bond motifs is 5. The lowest BCUT2D eigenvalue weighted by Gasteiger charge is -2.45. The molecule has 2 saturated carbocycles. The van der Waals surface area contributed by atoms with Crippen LogP contribution in [0.15, 0.2) is 18.2 Å². The Bertz CT molecular complexity index is 671. The zero-order valence-corrected chi connectivity index (χ0v) is 16.3. The molecule has 1 N–H and O–H groups in total. The van der Waals surface area contributed by atoms with Gasteiger partial charge in [0.15, 0.2) is 0 Å². The smallest absolute Gasteiger partial charge is 0.223 e. The summed E-state index contributed by atoms with van der Waals surface area (Å²) in [5.41, 5.74) is 4.50. The molecule has 0 aromatic heterocycles. The average molecular weight is 340 g/mol. The van der Waals surface area contributed by atoms with Gasteiger partial charge in [0.2, 0.25) is 5.91 Å². The Labute approximate surface area is 152 Å². The molecule has 25 heavy (non-hydrogen) atoms. The molecule has 5 unspecified atom stereocenters. The third-order valence-corrected chi connectivity index (χ3v) is 7.04. The van der Waals surface area contributed by atoms with Crippen molar-refractivity contribution < 1.29 is 4.79 Å². The van der Waals surface area contributed by atoms with E-state index in [1.54, 1.807) is 11.1 Å². The fourth-order valence-electron chi connectivity index (χ4n) is 6.15. The molecule has 0 heterocycles. The minimum absolute atomic E-state index is 0.117. The van der Waals surface area contributed by atoms with Crippen LogP contribution in [0.4, 0.5) is 0 Å². The van der Waals surface area contributed by atoms with E-state index in [1.807, 2.05) is 0 Å². The number of amides is 1. The van der Waals surface area contributed by atoms with Gasteiger partial charge in [0, 0.05) is 11.5 Å². The van der Waals surface area contributed by atoms with Gasteiger partial charge in [0.05, 0.1) is 0 Å². The number of aryl methyl sites for hydroxylation is 2. The lowest BCUT2D eigenvalue weighted by atomic mass is 9.60. The lowest BCUT2D eigenvalue weighted by Crippen LogP contribution is -2.46. The normalized spacial score (nSPS) is 34.0. The summed E-state index contributed by atoms with van der Waals surface area (Å²) in [6.45, 7) is 8.48. The second-order valence-corrected chi connectivity index (χ2v) is 9.84. The van der Waals surface area contributed by atoms with E-state index in [0.717, 1.165) is 24.2 Å². The van der Waals surface area contributed by atoms with Gasteiger partial charge in [-0.15, -0.1) is 0 Å². The molecule has 0 spiro atoms. The van der Waals surface area contributed by atoms with Crippen molar-refractivity contribution in [3.8, 4) is 0 Å². The quantitative estimate of drug-likeness (QED) is 0.767. The Kier molecular flexibility index (Phi) is 4.21. The number of carbonyl (C=O) groups excluding carboxylic acids is 1. The second kappa shape index (κ2) is 6.14. The Morgan fingerprint density at radius 1 is 1.00 bits per heavy atom. The van der Waals surface area contributed by atoms with Crippen molar-refractivity contribution in [2.75, 3.05) is 0 Å². The first kappa shape index (κ1) is 17.1. The molecule has 1 aromatic rings. The van der Waals surface area contributed by atoms with Crippen molar-refractivity contribution in [2.24, 2.45) is 23.7 Å². The van der Waals surface area contributed by atoms with Crippen LogP contribution in [0.2, 0.25) is 0 Å². The molecule has 0 bridgehead atoms. The summed E-state index contributed by atoms with van der Waals surface area (Å²) in [5, 5.41) is 3.25. The highest BCUT2D eigenvalue weighted by molar-refractivity contribution is 5.80. The lowest BCUT2D eigenvalue weighted by molar-refractivity contribution is -0.128. The molecule has 2 nitrogen and oxygen atoms in total. The van der Waals surface area contributed by atoms with Crippen LogP contribution >= 0.6 is 0 Å². The van der Waals surface area contributed by atoms with E-state index in [2.05, 4.69) is 51.2 Å². The fraction of sp³-hybridized carbons (Fsp3) is 0.696. The largest absolute Gasteiger partial charge is 0.351 e. The van der Waals surface area contributed by atoms with Crippen LogP contribution < -0.4 is 5.32 Å². The maximum Gasteiger partial charge on any atom is 0.223 e. The summed E-state index contributed by atoms with van der Waals surface area (Å²) in [5.74, 6) is 3.51. The van der Waals surface area contributed by atoms with Crippen LogP contribution in [-0.2, 0) is 11.2 Å². The number of hydrogen-bond donors (Lipinski definition) is 1. The Hall–Kier alpha value is -1.31. The predicted octanol–water partition coefficient (Wildman–Crippen LogP) is 4.99. The van der Waals surface area contributed by atoms with Gasteiger partial charge in [-0.3, -0.25) is 4.79 Å². The summed E-state index contributed by atoms with van der Waals surface area (Å²) >= 11 is 0. The van der Waals surface area contributed by atoms with Crippen LogP contribution in [-0.4, -0.2) is 11.4 Å². The van der Waals surface area contributed by atoms with Crippen molar-refractivity contribution in [2.45, 2.75) is 77.7 Å². The molecule has 0 radical (unpaired) electrons. The van der Waals surface area contributed by atoms with Crippen LogP contribution in [0.3, 0.4) is 0 Å². The van der Waals surface area contributed by atoms with Gasteiger partial charge in [0.1, 0.15) is 0 Å². The van der Waals surface area contributed by atoms with Gasteiger partial charge in [0.25, 0.3) is 0 Å². The molecule has 3 aliphatic carbocycles. The zero-order chi connectivity index (χ0) is 17.8. The first-order chi connectivity index (χ1) is 11.8. The van der Waals surface area contributed by atoms with Crippen molar-refractivity contribution in [1.82, 2.24) is 5.32 Å². The zero-order valence-electron chi connectivity index (χ0n) is 16.3. The minimum Gasteiger partial charge on any atom is -0.351 e. The molecule has 1 amide bonds. The molecule has 136 valence electrons. The van der Waals surface area contributed by atoms with E-state index in [0.29, 0.717) is 11.8 Å². The van der Waals surface area contributed by atoms with Crippen molar-refractivity contribution >= 4 is 5.91 Å². The molecule has 0 aliphatic heterocycles. The van der Waals surface area contributed by atoms with Crippen molar-refractivity contribution in [1.29, 1.82) is 0 Å². The Morgan fingerprint density at radius 2 is 1.76 bits per heavy atom. The van der Waals surface area contributed by atoms with Crippen molar-refractivity contribution in [3.63, 3.8) is 0 Å². The fourth-order valence-corrected chi connectivity index (χ4v) is 6.15. The molecule has 5 atom stereocenters. The summed E-state index contributed by atoms with van der Waals surface area (Å²) in [4.78, 5) is 12.8. The first-order valence-electron chi connectivity index (χ1n) is 10.2. The molecule has 4 rings (SSSR count). The highest BCUT2D eigenvalue weighted by atomic mass is 16.2. The van der Waals surface area contributed by atoms with E-state index >= 15 is 0 Å². The number of carbonyl (C=O) groups is 1. The van der Waals surface area contributed by atoms with E-state index in [9.17, 15) is 4.79 Å². The van der Waals surface area contributed by atoms with E-state index in [4.69, 9.17) is 0 Å². The highest BCUT2D eigenvalue weighted by Gasteiger charge is 2.49. The SMILES string of the molecule is Cc1ccc2c(c1)CCC1C2CCC2C(C(=O)NC(C)(C)C)CCC21. The van der Waals surface area contributed by atoms with Gasteiger partial charge in [-0.25, -0.2) is 0 Å². The molecular formula is C23H33NO. The van der Waals surface area contributed by atoms with E-state index in [1.165, 1.54) is 37.7 Å². The van der Waals surface area contributed by atoms with E-state index in [-0.39, 0.29) is 11.5 Å². The molecule has 3 aliphatic rings. The second-order valence-electron chi connectivity index (χ2n) is 9.84. The third-order valence-electron chi connectivity index (χ3n) is 7.04. The van der Waals surface area contributed by atoms with Gasteiger partial charge < -0.3 is 5.32 Å². The summed E-state index contributed by atoms with van der Waals surface area (Å²) in [7, 11) is 0. The summed E-state index contributed by atoms with van der Waals surface area (Å²) < 4.78 is 0. The maximum atomic E-state index is 12.8. The summed E-state index contributed by atoms with van der Waals surface area (Å²) in [6.07, 6.45) is 7.44. The number of nitrogens with one attached hydrogen (secondary N) is 1. The molecular weight excluding hydrogens is 306 g/mol. The standard InChI is InChI=1S/C23H33NO/c1-14-5-7-16-15(13-14)6-8-18-17(16)9-10-20-19(18)11-12-21(20)22(25)24-23(2,3)4/h5,7,13,17-21H,6,8-12H2,1-4H3,(H,24,25). The highest BCUT2D eigenvalue weighted by Crippen LogP contribution is 2.56. The molecule has 1 aromatic carbocycles. The first-order valence-corrected chi connectivity index (χ1v) is 10.2. The van der Waals surface area contributed by atoms with Crippen LogP contribution in [0.5, 0.6) is 0 Å². The Balaban J connectivity index is 1.53. The Morgan fingerprint density at radius 3 is 2.52 bits per heavy atom. The average Bonchev–Trinajstić information content (AvgIpc) is 2.96. The predicted molar refractivity (Wildman–Crippen MR) is 103 cm³/mol. The molecule has 0 saturated heterocycles. The molecule has 2 fully saturated rings. The van der Waals surface area contributed by atoms with Crippen molar-refractivity contribution in [3.05, 3.63) is 34.9 Å². The third kappa shape index (κ3) is 3.13. The number of hydrogen-bond acceptors (Lipinski definition) is 1. The van der Waals surface area contributed by atoms with Crippen LogP contribution in [0, 0.1) is 30.6 Å². The van der Waals surface area contributed by atoms with Gasteiger partial charge >= 0.3 is 0 Å². The number of rotatable bonds is 1. The maximum absolute atomic E-state index is 12.8. The monoisotopic (exact) mass is 339 g/mol.